The number of carboxylic acids is 1. The number of aromatic nitrogens is 1. The number of benzene rings is 2. The Kier molecular flexibility index (Phi) is 8.72. The molecule has 14 heteroatoms. The number of carboxylic acid groups (broad SMARTS) is 1. The van der Waals surface area contributed by atoms with E-state index in [1.165, 1.54) is 37.6 Å². The van der Waals surface area contributed by atoms with E-state index in [9.17, 15) is 22.8 Å². The Bertz CT molecular complexity index is 1280. The maximum Gasteiger partial charge on any atom is 0.416 e. The topological polar surface area (TPSA) is 122 Å². The van der Waals surface area contributed by atoms with Crippen LogP contribution in [-0.2, 0) is 22.2 Å². The minimum absolute atomic E-state index is 0.0563. The third kappa shape index (κ3) is 7.58. The van der Waals surface area contributed by atoms with Crippen molar-refractivity contribution < 1.29 is 37.3 Å². The Morgan fingerprint density at radius 2 is 2.06 bits per heavy atom. The lowest BCUT2D eigenvalue weighted by Crippen LogP contribution is -2.20. The van der Waals surface area contributed by atoms with Gasteiger partial charge >= 0.3 is 12.1 Å². The van der Waals surface area contributed by atoms with Gasteiger partial charge in [-0.1, -0.05) is 17.7 Å². The predicted molar refractivity (Wildman–Crippen MR) is 127 cm³/mol. The molecule has 0 aliphatic rings. The van der Waals surface area contributed by atoms with Gasteiger partial charge in [0.15, 0.2) is 23.2 Å². The molecule has 36 heavy (non-hydrogen) atoms. The molecule has 1 heterocycles. The van der Waals surface area contributed by atoms with E-state index in [-0.39, 0.29) is 28.6 Å². The Labute approximate surface area is 211 Å². The molecule has 3 N–H and O–H groups in total. The number of hydrogen-bond acceptors (Lipinski definition) is 8. The second-order valence-corrected chi connectivity index (χ2v) is 8.30. The van der Waals surface area contributed by atoms with Crippen LogP contribution in [0.4, 0.5) is 24.0 Å². The van der Waals surface area contributed by atoms with Crippen LogP contribution in [0.25, 0.3) is 0 Å². The molecule has 1 amide bonds. The van der Waals surface area contributed by atoms with Crippen molar-refractivity contribution >= 4 is 51.8 Å². The number of nitrogens with one attached hydrogen (secondary N) is 2. The maximum atomic E-state index is 12.9. The number of hydrogen-bond donors (Lipinski definition) is 3. The van der Waals surface area contributed by atoms with E-state index in [1.54, 1.807) is 5.38 Å². The molecule has 0 fully saturated rings. The van der Waals surface area contributed by atoms with Gasteiger partial charge in [-0.2, -0.15) is 18.3 Å². The van der Waals surface area contributed by atoms with E-state index in [4.69, 9.17) is 26.2 Å². The molecular formula is C22H18ClF3N4O5S. The molecule has 190 valence electrons. The summed E-state index contributed by atoms with van der Waals surface area (Å²) in [6.45, 7) is -0.604. The van der Waals surface area contributed by atoms with Crippen LogP contribution in [-0.4, -0.2) is 41.9 Å². The molecule has 1 aromatic heterocycles. The van der Waals surface area contributed by atoms with E-state index >= 15 is 0 Å². The van der Waals surface area contributed by atoms with E-state index in [2.05, 4.69) is 20.8 Å². The first-order chi connectivity index (χ1) is 17.0. The van der Waals surface area contributed by atoms with Gasteiger partial charge in [-0.25, -0.2) is 15.2 Å². The SMILES string of the molecule is COc1cc(/C=N\NC(=O)Cc2csc(Nc3cccc(C(F)(F)F)c3)n2)cc(Cl)c1OCC(=O)O. The number of methoxy groups -OCH3 is 1. The van der Waals surface area contributed by atoms with Gasteiger partial charge in [0.1, 0.15) is 0 Å². The van der Waals surface area contributed by atoms with Gasteiger partial charge in [0.2, 0.25) is 5.91 Å². The number of carbonyl (C=O) groups is 2. The minimum atomic E-state index is -4.46. The van der Waals surface area contributed by atoms with E-state index in [1.807, 2.05) is 0 Å². The highest BCUT2D eigenvalue weighted by Crippen LogP contribution is 2.36. The second kappa shape index (κ2) is 11.7. The van der Waals surface area contributed by atoms with Crippen LogP contribution in [0, 0.1) is 0 Å². The molecule has 3 rings (SSSR count). The lowest BCUT2D eigenvalue weighted by Gasteiger charge is -2.11. The highest BCUT2D eigenvalue weighted by Gasteiger charge is 2.30. The van der Waals surface area contributed by atoms with Crippen LogP contribution >= 0.6 is 22.9 Å². The summed E-state index contributed by atoms with van der Waals surface area (Å²) in [6.07, 6.45) is -3.28. The van der Waals surface area contributed by atoms with Gasteiger partial charge in [0.05, 0.1) is 36.0 Å². The Morgan fingerprint density at radius 1 is 1.28 bits per heavy atom. The van der Waals surface area contributed by atoms with Crippen molar-refractivity contribution in [2.24, 2.45) is 5.10 Å². The van der Waals surface area contributed by atoms with Gasteiger partial charge in [-0.15, -0.1) is 11.3 Å². The molecule has 9 nitrogen and oxygen atoms in total. The number of anilines is 2. The summed E-state index contributed by atoms with van der Waals surface area (Å²) in [5, 5.41) is 17.4. The summed E-state index contributed by atoms with van der Waals surface area (Å²) in [5.74, 6) is -1.43. The molecule has 0 unspecified atom stereocenters. The first-order valence-electron chi connectivity index (χ1n) is 9.98. The summed E-state index contributed by atoms with van der Waals surface area (Å²) in [4.78, 5) is 27.1. The van der Waals surface area contributed by atoms with Crippen molar-refractivity contribution in [1.82, 2.24) is 10.4 Å². The fourth-order valence-corrected chi connectivity index (χ4v) is 3.82. The lowest BCUT2D eigenvalue weighted by atomic mass is 10.2. The van der Waals surface area contributed by atoms with Crippen LogP contribution in [0.2, 0.25) is 5.02 Å². The Morgan fingerprint density at radius 3 is 2.75 bits per heavy atom. The quantitative estimate of drug-likeness (QED) is 0.250. The number of rotatable bonds is 10. The van der Waals surface area contributed by atoms with Gasteiger partial charge < -0.3 is 19.9 Å². The first-order valence-corrected chi connectivity index (χ1v) is 11.2. The number of halogens is 4. The number of amides is 1. The zero-order valence-electron chi connectivity index (χ0n) is 18.4. The number of thiazole rings is 1. The fourth-order valence-electron chi connectivity index (χ4n) is 2.81. The third-order valence-corrected chi connectivity index (χ3v) is 5.42. The van der Waals surface area contributed by atoms with Crippen LogP contribution in [0.1, 0.15) is 16.8 Å². The van der Waals surface area contributed by atoms with E-state index < -0.39 is 30.2 Å². The Balaban J connectivity index is 1.57. The summed E-state index contributed by atoms with van der Waals surface area (Å²) in [6, 6.07) is 7.63. The molecule has 0 bridgehead atoms. The summed E-state index contributed by atoms with van der Waals surface area (Å²) < 4.78 is 48.9. The molecule has 0 saturated heterocycles. The van der Waals surface area contributed by atoms with Crippen LogP contribution < -0.4 is 20.2 Å². The lowest BCUT2D eigenvalue weighted by molar-refractivity contribution is -0.139. The first kappa shape index (κ1) is 26.8. The van der Waals surface area contributed by atoms with Crippen molar-refractivity contribution in [1.29, 1.82) is 0 Å². The molecular weight excluding hydrogens is 525 g/mol. The van der Waals surface area contributed by atoms with Gasteiger partial charge in [0, 0.05) is 11.1 Å². The summed E-state index contributed by atoms with van der Waals surface area (Å²) in [7, 11) is 1.35. The van der Waals surface area contributed by atoms with Crippen molar-refractivity contribution in [3.63, 3.8) is 0 Å². The molecule has 0 atom stereocenters. The van der Waals surface area contributed by atoms with Gasteiger partial charge in [-0.05, 0) is 35.9 Å². The average molecular weight is 543 g/mol. The molecule has 0 aliphatic heterocycles. The van der Waals surface area contributed by atoms with Gasteiger partial charge in [0.25, 0.3) is 0 Å². The van der Waals surface area contributed by atoms with Crippen molar-refractivity contribution in [2.75, 3.05) is 19.0 Å². The predicted octanol–water partition coefficient (Wildman–Crippen LogP) is 4.72. The second-order valence-electron chi connectivity index (χ2n) is 7.03. The average Bonchev–Trinajstić information content (AvgIpc) is 3.23. The van der Waals surface area contributed by atoms with Crippen LogP contribution in [0.3, 0.4) is 0 Å². The Hall–Kier alpha value is -3.84. The van der Waals surface area contributed by atoms with Crippen LogP contribution in [0.15, 0.2) is 46.9 Å². The van der Waals surface area contributed by atoms with Crippen LogP contribution in [0.5, 0.6) is 11.5 Å². The number of hydrazone groups is 1. The van der Waals surface area contributed by atoms with Crippen molar-refractivity contribution in [3.8, 4) is 11.5 Å². The molecule has 3 aromatic rings. The highest BCUT2D eigenvalue weighted by molar-refractivity contribution is 7.13. The van der Waals surface area contributed by atoms with E-state index in [0.717, 1.165) is 23.5 Å². The molecule has 0 radical (unpaired) electrons. The minimum Gasteiger partial charge on any atom is -0.493 e. The molecule has 0 saturated carbocycles. The number of alkyl halides is 3. The van der Waals surface area contributed by atoms with Gasteiger partial charge in [-0.3, -0.25) is 4.79 Å². The maximum absolute atomic E-state index is 12.9. The smallest absolute Gasteiger partial charge is 0.416 e. The van der Waals surface area contributed by atoms with E-state index in [0.29, 0.717) is 16.4 Å². The third-order valence-electron chi connectivity index (χ3n) is 4.33. The summed E-state index contributed by atoms with van der Waals surface area (Å²) in [5.41, 5.74) is 2.60. The zero-order chi connectivity index (χ0) is 26.3. The standard InChI is InChI=1S/C22H18ClF3N4O5S/c1-34-17-6-12(5-16(23)20(17)35-10-19(32)33)9-27-30-18(31)8-15-11-36-21(29-15)28-14-4-2-3-13(7-14)22(24,25)26/h2-7,9,11H,8,10H2,1H3,(H,28,29)(H,30,31)(H,32,33)/b27-9-. The molecule has 2 aromatic carbocycles. The molecule has 0 spiro atoms. The number of carbonyl (C=O) groups excluding carboxylic acids is 1. The number of ether oxygens (including phenoxy) is 2. The monoisotopic (exact) mass is 542 g/mol. The highest BCUT2D eigenvalue weighted by atomic mass is 35.5. The van der Waals surface area contributed by atoms with Crippen molar-refractivity contribution in [2.45, 2.75) is 12.6 Å². The summed E-state index contributed by atoms with van der Waals surface area (Å²) >= 11 is 7.26. The van der Waals surface area contributed by atoms with Crippen molar-refractivity contribution in [3.05, 3.63) is 63.6 Å². The number of nitrogens with zero attached hydrogens (tertiary/aromatic N) is 2. The zero-order valence-corrected chi connectivity index (χ0v) is 20.0. The fraction of sp³-hybridized carbons (Fsp3) is 0.182. The molecule has 0 aliphatic carbocycles. The number of aliphatic carboxylic acids is 1. The normalized spacial score (nSPS) is 11.4. The largest absolute Gasteiger partial charge is 0.493 e.